The molecule has 2 aromatic heterocycles. The topological polar surface area (TPSA) is 71.2 Å². The fraction of sp³-hybridized carbons (Fsp3) is 0.250. The van der Waals surface area contributed by atoms with Gasteiger partial charge in [-0.2, -0.15) is 0 Å². The third-order valence-corrected chi connectivity index (χ3v) is 5.89. The number of carbonyl (C=O) groups is 1. The molecule has 2 N–H and O–H groups in total. The molecule has 5 heteroatoms. The molecule has 4 aromatic rings. The molecule has 0 saturated carbocycles. The van der Waals surface area contributed by atoms with Gasteiger partial charge in [0.15, 0.2) is 0 Å². The molecule has 0 fully saturated rings. The largest absolute Gasteiger partial charge is 0.466 e. The summed E-state index contributed by atoms with van der Waals surface area (Å²) in [6.45, 7) is 4.06. The first kappa shape index (κ1) is 22.8. The minimum Gasteiger partial charge on any atom is -0.466 e. The van der Waals surface area contributed by atoms with E-state index in [1.54, 1.807) is 13.0 Å². The van der Waals surface area contributed by atoms with E-state index in [1.807, 2.05) is 36.4 Å². The summed E-state index contributed by atoms with van der Waals surface area (Å²) in [4.78, 5) is 11.6. The number of hydrogen-bond donors (Lipinski definition) is 2. The first-order valence-corrected chi connectivity index (χ1v) is 11.3. The smallest absolute Gasteiger partial charge is 0.308 e. The first-order chi connectivity index (χ1) is 16.0. The van der Waals surface area contributed by atoms with Gasteiger partial charge in [0.1, 0.15) is 0 Å². The Morgan fingerprint density at radius 1 is 1.06 bits per heavy atom. The van der Waals surface area contributed by atoms with Gasteiger partial charge in [-0.1, -0.05) is 66.7 Å². The van der Waals surface area contributed by atoms with Crippen molar-refractivity contribution in [1.29, 1.82) is 0 Å². The summed E-state index contributed by atoms with van der Waals surface area (Å²) < 4.78 is 7.06. The van der Waals surface area contributed by atoms with E-state index in [1.165, 1.54) is 0 Å². The summed E-state index contributed by atoms with van der Waals surface area (Å²) in [5.74, 6) is -0.464. The highest BCUT2D eigenvalue weighted by molar-refractivity contribution is 6.06. The number of aliphatic hydroxyl groups is 2. The maximum Gasteiger partial charge on any atom is 0.308 e. The van der Waals surface area contributed by atoms with E-state index in [4.69, 9.17) is 4.74 Å². The molecule has 0 radical (unpaired) electrons. The number of aliphatic hydroxyl groups excluding tert-OH is 2. The van der Waals surface area contributed by atoms with Crippen molar-refractivity contribution in [2.75, 3.05) is 6.61 Å². The van der Waals surface area contributed by atoms with Crippen molar-refractivity contribution >= 4 is 28.3 Å². The molecular formula is C28H29NO4. The maximum absolute atomic E-state index is 11.6. The van der Waals surface area contributed by atoms with Gasteiger partial charge in [0.05, 0.1) is 30.8 Å². The monoisotopic (exact) mass is 443 g/mol. The van der Waals surface area contributed by atoms with Crippen molar-refractivity contribution < 1.29 is 19.7 Å². The van der Waals surface area contributed by atoms with E-state index < -0.39 is 18.2 Å². The lowest BCUT2D eigenvalue weighted by Crippen LogP contribution is -2.20. The zero-order valence-electron chi connectivity index (χ0n) is 18.9. The molecule has 170 valence electrons. The molecule has 0 spiro atoms. The van der Waals surface area contributed by atoms with Crippen molar-refractivity contribution in [3.05, 3.63) is 84.2 Å². The molecule has 5 nitrogen and oxygen atoms in total. The van der Waals surface area contributed by atoms with Gasteiger partial charge in [-0.05, 0) is 30.9 Å². The van der Waals surface area contributed by atoms with Gasteiger partial charge in [0, 0.05) is 34.8 Å². The van der Waals surface area contributed by atoms with Gasteiger partial charge in [0.25, 0.3) is 0 Å². The van der Waals surface area contributed by atoms with Crippen molar-refractivity contribution in [3.63, 3.8) is 0 Å². The molecular weight excluding hydrogens is 414 g/mol. The van der Waals surface area contributed by atoms with E-state index >= 15 is 0 Å². The number of pyridine rings is 1. The lowest BCUT2D eigenvalue weighted by Gasteiger charge is -2.12. The summed E-state index contributed by atoms with van der Waals surface area (Å²) in [6, 6.07) is 20.7. The first-order valence-electron chi connectivity index (χ1n) is 11.3. The zero-order valence-corrected chi connectivity index (χ0v) is 18.9. The molecule has 2 heterocycles. The second kappa shape index (κ2) is 10.0. The Hall–Kier alpha value is -3.41. The van der Waals surface area contributed by atoms with Crippen LogP contribution in [0.3, 0.4) is 0 Å². The Labute approximate surface area is 193 Å². The molecule has 4 rings (SSSR count). The number of nitrogens with zero attached hydrogens (tertiary/aromatic N) is 1. The summed E-state index contributed by atoms with van der Waals surface area (Å²) >= 11 is 0. The van der Waals surface area contributed by atoms with Crippen molar-refractivity contribution in [2.45, 2.75) is 38.9 Å². The standard InChI is InChI=1S/C28H29NO4/c1-3-33-26(32)18-23(31)17-22(30)13-14-24-19(2)29-16-15-20-9-7-8-12-25(20)28(29)27(24)21-10-5-4-6-11-21/h4-16,22-23,30-31H,3,17-18H2,1-2H3. The van der Waals surface area contributed by atoms with Crippen LogP contribution in [0, 0.1) is 6.92 Å². The molecule has 33 heavy (non-hydrogen) atoms. The molecule has 0 aliphatic heterocycles. The molecule has 0 aliphatic carbocycles. The zero-order chi connectivity index (χ0) is 23.4. The van der Waals surface area contributed by atoms with E-state index in [9.17, 15) is 15.0 Å². The average molecular weight is 444 g/mol. The number of aromatic nitrogens is 1. The quantitative estimate of drug-likeness (QED) is 0.370. The second-order valence-corrected chi connectivity index (χ2v) is 8.19. The van der Waals surface area contributed by atoms with Gasteiger partial charge in [-0.25, -0.2) is 0 Å². The number of aryl methyl sites for hydroxylation is 1. The van der Waals surface area contributed by atoms with E-state index in [-0.39, 0.29) is 19.4 Å². The number of rotatable bonds is 8. The van der Waals surface area contributed by atoms with Crippen LogP contribution in [-0.2, 0) is 9.53 Å². The highest BCUT2D eigenvalue weighted by Crippen LogP contribution is 2.37. The van der Waals surface area contributed by atoms with Gasteiger partial charge < -0.3 is 19.4 Å². The summed E-state index contributed by atoms with van der Waals surface area (Å²) in [7, 11) is 0. The number of fused-ring (bicyclic) bond motifs is 3. The van der Waals surface area contributed by atoms with Gasteiger partial charge in [0.2, 0.25) is 0 Å². The molecule has 0 amide bonds. The number of carbonyl (C=O) groups excluding carboxylic acids is 1. The molecule has 2 unspecified atom stereocenters. The van der Waals surface area contributed by atoms with Gasteiger partial charge >= 0.3 is 5.97 Å². The number of hydrogen-bond acceptors (Lipinski definition) is 4. The summed E-state index contributed by atoms with van der Waals surface area (Å²) in [5, 5.41) is 23.0. The van der Waals surface area contributed by atoms with E-state index in [2.05, 4.69) is 47.9 Å². The lowest BCUT2D eigenvalue weighted by atomic mass is 9.98. The Bertz CT molecular complexity index is 1290. The predicted molar refractivity (Wildman–Crippen MR) is 132 cm³/mol. The number of ether oxygens (including phenoxy) is 1. The van der Waals surface area contributed by atoms with Crippen LogP contribution in [0.2, 0.25) is 0 Å². The van der Waals surface area contributed by atoms with E-state index in [0.29, 0.717) is 0 Å². The average Bonchev–Trinajstić information content (AvgIpc) is 3.10. The van der Waals surface area contributed by atoms with Crippen molar-refractivity contribution in [1.82, 2.24) is 4.40 Å². The van der Waals surface area contributed by atoms with Crippen molar-refractivity contribution in [2.24, 2.45) is 0 Å². The lowest BCUT2D eigenvalue weighted by molar-refractivity contribution is -0.145. The van der Waals surface area contributed by atoms with Gasteiger partial charge in [-0.3, -0.25) is 4.79 Å². The highest BCUT2D eigenvalue weighted by Gasteiger charge is 2.19. The van der Waals surface area contributed by atoms with Crippen LogP contribution in [0.15, 0.2) is 72.9 Å². The fourth-order valence-electron chi connectivity index (χ4n) is 4.35. The van der Waals surface area contributed by atoms with Crippen LogP contribution in [0.1, 0.15) is 31.0 Å². The molecule has 2 atom stereocenters. The van der Waals surface area contributed by atoms with Crippen LogP contribution in [0.5, 0.6) is 0 Å². The highest BCUT2D eigenvalue weighted by atomic mass is 16.5. The fourth-order valence-corrected chi connectivity index (χ4v) is 4.35. The Balaban J connectivity index is 1.74. The van der Waals surface area contributed by atoms with Gasteiger partial charge in [-0.15, -0.1) is 0 Å². The number of esters is 1. The Morgan fingerprint density at radius 3 is 2.55 bits per heavy atom. The van der Waals surface area contributed by atoms with Crippen LogP contribution < -0.4 is 0 Å². The predicted octanol–water partition coefficient (Wildman–Crippen LogP) is 5.15. The Morgan fingerprint density at radius 2 is 1.79 bits per heavy atom. The minimum absolute atomic E-state index is 0.0608. The Kier molecular flexibility index (Phi) is 6.92. The maximum atomic E-state index is 11.6. The molecule has 0 bridgehead atoms. The third kappa shape index (κ3) is 4.85. The van der Waals surface area contributed by atoms with Crippen LogP contribution in [0.4, 0.5) is 0 Å². The van der Waals surface area contributed by atoms with E-state index in [0.717, 1.165) is 38.7 Å². The number of benzene rings is 2. The SMILES string of the molecule is CCOC(=O)CC(O)CC(O)C=Cc1c(-c2ccccc2)c2c3ccccc3ccn2c1C. The summed E-state index contributed by atoms with van der Waals surface area (Å²) in [5.41, 5.74) is 5.38. The third-order valence-electron chi connectivity index (χ3n) is 5.89. The van der Waals surface area contributed by atoms with Crippen LogP contribution >= 0.6 is 0 Å². The molecule has 2 aromatic carbocycles. The van der Waals surface area contributed by atoms with Crippen LogP contribution in [0.25, 0.3) is 33.5 Å². The minimum atomic E-state index is -0.963. The van der Waals surface area contributed by atoms with Crippen LogP contribution in [-0.4, -0.2) is 39.4 Å². The normalized spacial score (nSPS) is 13.6. The molecule has 0 saturated heterocycles. The summed E-state index contributed by atoms with van der Waals surface area (Å²) in [6.07, 6.45) is 3.76. The van der Waals surface area contributed by atoms with Crippen molar-refractivity contribution in [3.8, 4) is 11.1 Å². The molecule has 0 aliphatic rings. The second-order valence-electron chi connectivity index (χ2n) is 8.19.